The van der Waals surface area contributed by atoms with Crippen molar-refractivity contribution in [1.29, 1.82) is 0 Å². The van der Waals surface area contributed by atoms with Gasteiger partial charge in [0.25, 0.3) is 0 Å². The fraction of sp³-hybridized carbons (Fsp3) is 0. The largest absolute Gasteiger partial charge is 0 e. The summed E-state index contributed by atoms with van der Waals surface area (Å²) in [7, 11) is 0. The van der Waals surface area contributed by atoms with E-state index in [4.69, 9.17) is 0 Å². The van der Waals surface area contributed by atoms with Crippen molar-refractivity contribution in [3.05, 3.63) is 0 Å². The van der Waals surface area contributed by atoms with E-state index < -0.39 is 0 Å². The molecule has 0 spiro atoms. The Balaban J connectivity index is 0. The Kier molecular flexibility index (Phi) is 319. The molecule has 14 valence electrons. The van der Waals surface area contributed by atoms with Crippen LogP contribution in [0.4, 0.5) is 0 Å². The van der Waals surface area contributed by atoms with Gasteiger partial charge in [0.15, 0.2) is 0 Å². The van der Waals surface area contributed by atoms with Gasteiger partial charge in [0.05, 0.1) is 0 Å². The third-order valence-electron chi connectivity index (χ3n) is 0. The van der Waals surface area contributed by atoms with Gasteiger partial charge in [0.2, 0.25) is 0 Å². The van der Waals surface area contributed by atoms with Crippen molar-refractivity contribution in [1.82, 2.24) is 0 Å². The van der Waals surface area contributed by atoms with Gasteiger partial charge in [-0.05, 0) is 0 Å². The Morgan fingerprint density at radius 1 is 1.00 bits per heavy atom. The molecule has 0 amide bonds. The smallest absolute Gasteiger partial charge is 0 e. The van der Waals surface area contributed by atoms with Gasteiger partial charge < -0.3 is 0 Å². The van der Waals surface area contributed by atoms with Gasteiger partial charge in [0, 0.05) is 56.8 Å². The van der Waals surface area contributed by atoms with Gasteiger partial charge in [-0.2, -0.15) is 0 Å². The molecule has 0 bridgehead atoms. The molecule has 0 rings (SSSR count). The molecule has 0 aromatic rings. The van der Waals surface area contributed by atoms with E-state index in [1.54, 1.807) is 0 Å². The van der Waals surface area contributed by atoms with E-state index in [0.717, 1.165) is 0 Å². The molecule has 4 heavy (non-hydrogen) atoms. The van der Waals surface area contributed by atoms with E-state index >= 15 is 0 Å². The van der Waals surface area contributed by atoms with E-state index in [1.165, 1.54) is 0 Å². The summed E-state index contributed by atoms with van der Waals surface area (Å²) < 4.78 is 0. The first-order chi connectivity index (χ1) is 0. The zero-order valence-corrected chi connectivity index (χ0v) is 7.68. The molecule has 0 saturated carbocycles. The minimum atomic E-state index is 0. The zero-order chi connectivity index (χ0) is 0. The summed E-state index contributed by atoms with van der Waals surface area (Å²) in [5.41, 5.74) is 0. The van der Waals surface area contributed by atoms with Gasteiger partial charge in [-0.1, -0.05) is 0 Å². The topological polar surface area (TPSA) is 0 Å². The van der Waals surface area contributed by atoms with Crippen LogP contribution in [0.5, 0.6) is 0 Å². The molecule has 0 heterocycles. The van der Waals surface area contributed by atoms with Crippen LogP contribution in [0.3, 0.4) is 0 Å². The Labute approximate surface area is 56.7 Å². The van der Waals surface area contributed by atoms with Crippen LogP contribution in [-0.2, 0) is 0 Å². The molecule has 0 aliphatic heterocycles. The average Bonchev–Trinajstić information content (AvgIpc) is 0. The van der Waals surface area contributed by atoms with Gasteiger partial charge in [-0.3, -0.25) is 0 Å². The molecule has 0 unspecified atom stereocenters. The Bertz CT molecular complexity index is 8.00. The number of hydrogen-bond donors (Lipinski definition) is 0. The Hall–Kier alpha value is 1.46. The number of rotatable bonds is 0. The van der Waals surface area contributed by atoms with Crippen molar-refractivity contribution in [3.63, 3.8) is 0 Å². The molecular weight excluding hydrogens is 181 g/mol. The van der Waals surface area contributed by atoms with Crippen LogP contribution in [0.1, 0.15) is 0 Å². The maximum atomic E-state index is 0. The molecule has 0 saturated heterocycles. The Morgan fingerprint density at radius 3 is 1.00 bits per heavy atom. The molecular formula is BGaGeSi. The van der Waals surface area contributed by atoms with E-state index in [1.807, 2.05) is 0 Å². The maximum absolute atomic E-state index is 0. The number of hydrogen-bond acceptors (Lipinski definition) is 0. The molecule has 14 radical (unpaired) electrons. The SMILES string of the molecule is [B].[Ga].[Ge].[Si]. The van der Waals surface area contributed by atoms with Crippen molar-refractivity contribution in [3.8, 4) is 0 Å². The maximum Gasteiger partial charge on any atom is 0 e. The second kappa shape index (κ2) is 25.0. The van der Waals surface area contributed by atoms with Gasteiger partial charge >= 0.3 is 0 Å². The molecule has 4 heteroatoms. The normalized spacial score (nSPS) is 0. The van der Waals surface area contributed by atoms with Crippen molar-refractivity contribution in [2.45, 2.75) is 0 Å². The summed E-state index contributed by atoms with van der Waals surface area (Å²) in [6, 6.07) is 0. The summed E-state index contributed by atoms with van der Waals surface area (Å²) >= 11 is 0. The van der Waals surface area contributed by atoms with E-state index in [9.17, 15) is 0 Å². The predicted molar refractivity (Wildman–Crippen MR) is 23.0 cm³/mol. The fourth-order valence-electron chi connectivity index (χ4n) is 0. The first kappa shape index (κ1) is 50.9. The van der Waals surface area contributed by atoms with Crippen molar-refractivity contribution in [2.24, 2.45) is 0 Å². The molecule has 0 N–H and O–H groups in total. The minimum absolute atomic E-state index is 0. The standard InChI is InChI=1S/B.Ga.Ge.Si. The summed E-state index contributed by atoms with van der Waals surface area (Å²) in [4.78, 5) is 0. The quantitative estimate of drug-likeness (QED) is 0.398. The van der Waals surface area contributed by atoms with Crippen LogP contribution in [0.15, 0.2) is 0 Å². The summed E-state index contributed by atoms with van der Waals surface area (Å²) in [6.45, 7) is 0. The summed E-state index contributed by atoms with van der Waals surface area (Å²) in [6.07, 6.45) is 0. The fourth-order valence-corrected chi connectivity index (χ4v) is 0. The van der Waals surface area contributed by atoms with Gasteiger partial charge in [-0.25, -0.2) is 0 Å². The predicted octanol–water partition coefficient (Wildman–Crippen LogP) is -1.52. The van der Waals surface area contributed by atoms with Crippen LogP contribution < -0.4 is 0 Å². The molecule has 0 aromatic heterocycles. The van der Waals surface area contributed by atoms with E-state index in [0.29, 0.717) is 0 Å². The molecule has 0 aromatic carbocycles. The molecule has 0 nitrogen and oxygen atoms in total. The van der Waals surface area contributed by atoms with E-state index in [-0.39, 0.29) is 56.8 Å². The third-order valence-corrected chi connectivity index (χ3v) is 0. The molecule has 0 aliphatic carbocycles. The molecule has 0 atom stereocenters. The van der Waals surface area contributed by atoms with Crippen molar-refractivity contribution >= 4 is 56.8 Å². The van der Waals surface area contributed by atoms with Gasteiger partial charge in [-0.15, -0.1) is 0 Å². The van der Waals surface area contributed by atoms with Crippen molar-refractivity contribution < 1.29 is 0 Å². The summed E-state index contributed by atoms with van der Waals surface area (Å²) in [5, 5.41) is 0. The van der Waals surface area contributed by atoms with Crippen molar-refractivity contribution in [2.75, 3.05) is 0 Å². The van der Waals surface area contributed by atoms with Gasteiger partial charge in [0.1, 0.15) is 0 Å². The first-order valence-corrected chi connectivity index (χ1v) is 0. The van der Waals surface area contributed by atoms with Crippen LogP contribution in [0.2, 0.25) is 0 Å². The van der Waals surface area contributed by atoms with Crippen LogP contribution >= 0.6 is 0 Å². The molecule has 0 fully saturated rings. The first-order valence-electron chi connectivity index (χ1n) is 0. The monoisotopic (exact) mass is 182 g/mol. The second-order valence-electron chi connectivity index (χ2n) is 0. The van der Waals surface area contributed by atoms with E-state index in [2.05, 4.69) is 0 Å². The second-order valence-corrected chi connectivity index (χ2v) is 0. The molecule has 0 aliphatic rings. The average molecular weight is 181 g/mol. The van der Waals surface area contributed by atoms with Crippen LogP contribution in [-0.4, -0.2) is 56.8 Å². The Morgan fingerprint density at radius 2 is 1.00 bits per heavy atom. The minimum Gasteiger partial charge on any atom is 0 e. The van der Waals surface area contributed by atoms with Crippen LogP contribution in [0.25, 0.3) is 0 Å². The zero-order valence-electron chi connectivity index (χ0n) is 2.15. The third kappa shape index (κ3) is 9.82. The van der Waals surface area contributed by atoms with Crippen LogP contribution in [0, 0.1) is 0 Å². The summed E-state index contributed by atoms with van der Waals surface area (Å²) in [5.74, 6) is 0.